The SMILES string of the molecule is CN1CCC(CC2COCO2)C1. The molecule has 0 radical (unpaired) electrons. The summed E-state index contributed by atoms with van der Waals surface area (Å²) in [5.41, 5.74) is 0. The molecule has 2 atom stereocenters. The molecule has 0 saturated carbocycles. The second kappa shape index (κ2) is 3.73. The van der Waals surface area contributed by atoms with Crippen LogP contribution in [0.4, 0.5) is 0 Å². The molecule has 70 valence electrons. The van der Waals surface area contributed by atoms with Gasteiger partial charge in [0.25, 0.3) is 0 Å². The third-order valence-electron chi connectivity index (χ3n) is 2.78. The number of rotatable bonds is 2. The van der Waals surface area contributed by atoms with Crippen molar-refractivity contribution in [1.82, 2.24) is 4.90 Å². The van der Waals surface area contributed by atoms with Crippen molar-refractivity contribution in [2.75, 3.05) is 33.5 Å². The van der Waals surface area contributed by atoms with Gasteiger partial charge in [0.05, 0.1) is 12.7 Å². The summed E-state index contributed by atoms with van der Waals surface area (Å²) in [4.78, 5) is 2.39. The maximum atomic E-state index is 5.41. The van der Waals surface area contributed by atoms with Crippen LogP contribution in [0.1, 0.15) is 12.8 Å². The van der Waals surface area contributed by atoms with Crippen molar-refractivity contribution in [2.45, 2.75) is 18.9 Å². The summed E-state index contributed by atoms with van der Waals surface area (Å²) < 4.78 is 10.6. The highest BCUT2D eigenvalue weighted by atomic mass is 16.7. The van der Waals surface area contributed by atoms with Crippen molar-refractivity contribution in [3.63, 3.8) is 0 Å². The molecule has 2 aliphatic heterocycles. The molecule has 0 amide bonds. The van der Waals surface area contributed by atoms with Gasteiger partial charge in [-0.1, -0.05) is 0 Å². The zero-order valence-corrected chi connectivity index (χ0v) is 7.66. The molecule has 2 unspecified atom stereocenters. The standard InChI is InChI=1S/C9H17NO2/c1-10-3-2-8(5-10)4-9-6-11-7-12-9/h8-9H,2-7H2,1H3. The Kier molecular flexibility index (Phi) is 2.63. The predicted octanol–water partition coefficient (Wildman–Crippen LogP) is 0.701. The van der Waals surface area contributed by atoms with Gasteiger partial charge in [-0.3, -0.25) is 0 Å². The number of likely N-dealkylation sites (tertiary alicyclic amines) is 1. The van der Waals surface area contributed by atoms with Crippen LogP contribution in [-0.2, 0) is 9.47 Å². The molecule has 2 saturated heterocycles. The van der Waals surface area contributed by atoms with Crippen LogP contribution in [0.3, 0.4) is 0 Å². The van der Waals surface area contributed by atoms with E-state index in [1.807, 2.05) is 0 Å². The third-order valence-corrected chi connectivity index (χ3v) is 2.78. The topological polar surface area (TPSA) is 21.7 Å². The minimum atomic E-state index is 0.376. The largest absolute Gasteiger partial charge is 0.353 e. The highest BCUT2D eigenvalue weighted by Crippen LogP contribution is 2.22. The molecule has 0 N–H and O–H groups in total. The first-order valence-electron chi connectivity index (χ1n) is 4.72. The summed E-state index contributed by atoms with van der Waals surface area (Å²) in [6.07, 6.45) is 2.89. The van der Waals surface area contributed by atoms with Crippen LogP contribution in [0.2, 0.25) is 0 Å². The lowest BCUT2D eigenvalue weighted by Gasteiger charge is -2.13. The number of hydrogen-bond donors (Lipinski definition) is 0. The summed E-state index contributed by atoms with van der Waals surface area (Å²) in [6, 6.07) is 0. The fourth-order valence-corrected chi connectivity index (χ4v) is 2.10. The predicted molar refractivity (Wildman–Crippen MR) is 45.9 cm³/mol. The van der Waals surface area contributed by atoms with E-state index in [9.17, 15) is 0 Å². The van der Waals surface area contributed by atoms with Crippen LogP contribution in [-0.4, -0.2) is 44.5 Å². The van der Waals surface area contributed by atoms with Gasteiger partial charge in [0.15, 0.2) is 0 Å². The van der Waals surface area contributed by atoms with E-state index in [1.54, 1.807) is 0 Å². The van der Waals surface area contributed by atoms with Gasteiger partial charge < -0.3 is 14.4 Å². The quantitative estimate of drug-likeness (QED) is 0.610. The smallest absolute Gasteiger partial charge is 0.147 e. The van der Waals surface area contributed by atoms with Crippen LogP contribution in [0.25, 0.3) is 0 Å². The fraction of sp³-hybridized carbons (Fsp3) is 1.00. The van der Waals surface area contributed by atoms with Gasteiger partial charge in [-0.05, 0) is 32.4 Å². The Labute approximate surface area is 73.6 Å². The lowest BCUT2D eigenvalue weighted by Crippen LogP contribution is -2.19. The van der Waals surface area contributed by atoms with E-state index < -0.39 is 0 Å². The van der Waals surface area contributed by atoms with E-state index in [4.69, 9.17) is 9.47 Å². The van der Waals surface area contributed by atoms with E-state index in [-0.39, 0.29) is 0 Å². The number of hydrogen-bond acceptors (Lipinski definition) is 3. The zero-order valence-electron chi connectivity index (χ0n) is 7.66. The first-order chi connectivity index (χ1) is 5.84. The molecular formula is C9H17NO2. The molecule has 3 nitrogen and oxygen atoms in total. The molecule has 0 aromatic carbocycles. The Morgan fingerprint density at radius 2 is 2.42 bits per heavy atom. The first-order valence-corrected chi connectivity index (χ1v) is 4.72. The van der Waals surface area contributed by atoms with Gasteiger partial charge in [0.2, 0.25) is 0 Å². The molecular weight excluding hydrogens is 154 g/mol. The second-order valence-corrected chi connectivity index (χ2v) is 3.93. The van der Waals surface area contributed by atoms with Crippen molar-refractivity contribution in [2.24, 2.45) is 5.92 Å². The minimum Gasteiger partial charge on any atom is -0.353 e. The Bertz CT molecular complexity index is 145. The van der Waals surface area contributed by atoms with E-state index in [2.05, 4.69) is 11.9 Å². The average Bonchev–Trinajstić information content (AvgIpc) is 2.63. The highest BCUT2D eigenvalue weighted by Gasteiger charge is 2.25. The normalized spacial score (nSPS) is 37.8. The van der Waals surface area contributed by atoms with E-state index >= 15 is 0 Å². The Balaban J connectivity index is 1.72. The summed E-state index contributed by atoms with van der Waals surface area (Å²) in [7, 11) is 2.19. The molecule has 12 heavy (non-hydrogen) atoms. The Morgan fingerprint density at radius 1 is 1.50 bits per heavy atom. The number of ether oxygens (including phenoxy) is 2. The minimum absolute atomic E-state index is 0.376. The lowest BCUT2D eigenvalue weighted by atomic mass is 10.0. The summed E-state index contributed by atoms with van der Waals surface area (Å²) in [5, 5.41) is 0. The molecule has 0 aromatic rings. The van der Waals surface area contributed by atoms with Crippen molar-refractivity contribution in [3.8, 4) is 0 Å². The van der Waals surface area contributed by atoms with Crippen LogP contribution >= 0.6 is 0 Å². The fourth-order valence-electron chi connectivity index (χ4n) is 2.10. The third kappa shape index (κ3) is 1.97. The molecule has 2 aliphatic rings. The first kappa shape index (κ1) is 8.48. The van der Waals surface area contributed by atoms with Crippen LogP contribution < -0.4 is 0 Å². The zero-order chi connectivity index (χ0) is 8.39. The molecule has 2 fully saturated rings. The molecule has 0 aliphatic carbocycles. The molecule has 0 spiro atoms. The highest BCUT2D eigenvalue weighted by molar-refractivity contribution is 4.76. The van der Waals surface area contributed by atoms with Crippen LogP contribution in [0.5, 0.6) is 0 Å². The molecule has 0 bridgehead atoms. The van der Waals surface area contributed by atoms with Crippen molar-refractivity contribution < 1.29 is 9.47 Å². The molecule has 0 aromatic heterocycles. The van der Waals surface area contributed by atoms with Gasteiger partial charge in [-0.25, -0.2) is 0 Å². The van der Waals surface area contributed by atoms with E-state index in [0.717, 1.165) is 12.5 Å². The van der Waals surface area contributed by atoms with Crippen molar-refractivity contribution >= 4 is 0 Å². The van der Waals surface area contributed by atoms with Gasteiger partial charge in [0, 0.05) is 6.54 Å². The van der Waals surface area contributed by atoms with Crippen LogP contribution in [0, 0.1) is 5.92 Å². The van der Waals surface area contributed by atoms with Gasteiger partial charge in [-0.2, -0.15) is 0 Å². The Hall–Kier alpha value is -0.120. The summed E-state index contributed by atoms with van der Waals surface area (Å²) >= 11 is 0. The lowest BCUT2D eigenvalue weighted by molar-refractivity contribution is 0.0404. The van der Waals surface area contributed by atoms with E-state index in [0.29, 0.717) is 12.9 Å². The van der Waals surface area contributed by atoms with Gasteiger partial charge in [-0.15, -0.1) is 0 Å². The van der Waals surface area contributed by atoms with Crippen molar-refractivity contribution in [1.29, 1.82) is 0 Å². The maximum absolute atomic E-state index is 5.41. The Morgan fingerprint density at radius 3 is 3.00 bits per heavy atom. The molecule has 3 heteroatoms. The molecule has 2 rings (SSSR count). The second-order valence-electron chi connectivity index (χ2n) is 3.93. The summed E-state index contributed by atoms with van der Waals surface area (Å²) in [5.74, 6) is 0.835. The van der Waals surface area contributed by atoms with Crippen molar-refractivity contribution in [3.05, 3.63) is 0 Å². The maximum Gasteiger partial charge on any atom is 0.147 e. The monoisotopic (exact) mass is 171 g/mol. The molecule has 2 heterocycles. The van der Waals surface area contributed by atoms with Crippen LogP contribution in [0.15, 0.2) is 0 Å². The number of nitrogens with zero attached hydrogens (tertiary/aromatic N) is 1. The van der Waals surface area contributed by atoms with Gasteiger partial charge in [0.1, 0.15) is 6.79 Å². The average molecular weight is 171 g/mol. The van der Waals surface area contributed by atoms with E-state index in [1.165, 1.54) is 25.9 Å². The summed E-state index contributed by atoms with van der Waals surface area (Å²) in [6.45, 7) is 3.80. The van der Waals surface area contributed by atoms with Gasteiger partial charge >= 0.3 is 0 Å².